The van der Waals surface area contributed by atoms with Gasteiger partial charge in [0.25, 0.3) is 5.91 Å². The summed E-state index contributed by atoms with van der Waals surface area (Å²) < 4.78 is 27.7. The van der Waals surface area contributed by atoms with Crippen molar-refractivity contribution < 1.29 is 13.2 Å². The Morgan fingerprint density at radius 3 is 2.48 bits per heavy atom. The summed E-state index contributed by atoms with van der Waals surface area (Å²) in [5.41, 5.74) is 1.61. The average Bonchev–Trinajstić information content (AvgIpc) is 2.83. The third kappa shape index (κ3) is 3.61. The molecule has 1 aromatic heterocycles. The normalized spacial score (nSPS) is 25.0. The molecule has 7 heteroatoms. The van der Waals surface area contributed by atoms with Crippen molar-refractivity contribution >= 4 is 15.9 Å². The lowest BCUT2D eigenvalue weighted by molar-refractivity contribution is 0.0759. The van der Waals surface area contributed by atoms with Gasteiger partial charge in [-0.05, 0) is 36.5 Å². The number of fused-ring (bicyclic) bond motifs is 1. The third-order valence-corrected chi connectivity index (χ3v) is 7.96. The van der Waals surface area contributed by atoms with Crippen molar-refractivity contribution in [1.29, 1.82) is 0 Å². The number of pyridine rings is 1. The highest BCUT2D eigenvalue weighted by Crippen LogP contribution is 2.35. The molecule has 6 nitrogen and oxygen atoms in total. The summed E-state index contributed by atoms with van der Waals surface area (Å²) >= 11 is 0. The Kier molecular flexibility index (Phi) is 4.97. The maximum Gasteiger partial charge on any atom is 0.253 e. The molecule has 2 aliphatic heterocycles. The maximum atomic E-state index is 13.0. The minimum atomic E-state index is -3.34. The van der Waals surface area contributed by atoms with E-state index < -0.39 is 15.3 Å². The standard InChI is InChI=1S/C20H23N3O3S/c24-20(17-6-10-21-11-7-17)22-12-8-18-15-23(14-16-4-2-1-3-5-16)27(25,26)19(18)9-13-22/h1-7,10-11,18-19H,8-9,12-15H2/t18-,19-/m1/s1. The molecular formula is C20H23N3O3S. The molecule has 2 fully saturated rings. The van der Waals surface area contributed by atoms with Gasteiger partial charge in [0.1, 0.15) is 0 Å². The predicted octanol–water partition coefficient (Wildman–Crippen LogP) is 2.15. The summed E-state index contributed by atoms with van der Waals surface area (Å²) in [4.78, 5) is 18.4. The van der Waals surface area contributed by atoms with Crippen molar-refractivity contribution in [3.8, 4) is 0 Å². The molecule has 0 aliphatic carbocycles. The molecule has 2 aliphatic rings. The predicted molar refractivity (Wildman–Crippen MR) is 102 cm³/mol. The van der Waals surface area contributed by atoms with Crippen molar-refractivity contribution in [2.45, 2.75) is 24.6 Å². The van der Waals surface area contributed by atoms with Gasteiger partial charge in [0.15, 0.2) is 0 Å². The molecular weight excluding hydrogens is 362 g/mol. The first-order chi connectivity index (χ1) is 13.1. The fraction of sp³-hybridized carbons (Fsp3) is 0.400. The number of hydrogen-bond donors (Lipinski definition) is 0. The lowest BCUT2D eigenvalue weighted by atomic mass is 10.0. The van der Waals surface area contributed by atoms with E-state index >= 15 is 0 Å². The summed E-state index contributed by atoms with van der Waals surface area (Å²) in [7, 11) is -3.34. The van der Waals surface area contributed by atoms with Crippen LogP contribution < -0.4 is 0 Å². The number of nitrogens with zero attached hydrogens (tertiary/aromatic N) is 3. The Morgan fingerprint density at radius 1 is 1.04 bits per heavy atom. The Morgan fingerprint density at radius 2 is 1.74 bits per heavy atom. The van der Waals surface area contributed by atoms with Crippen molar-refractivity contribution in [3.05, 3.63) is 66.0 Å². The molecule has 0 unspecified atom stereocenters. The maximum absolute atomic E-state index is 13.0. The van der Waals surface area contributed by atoms with Gasteiger partial charge in [-0.2, -0.15) is 4.31 Å². The Bertz CT molecular complexity index is 903. The quantitative estimate of drug-likeness (QED) is 0.812. The third-order valence-electron chi connectivity index (χ3n) is 5.58. The van der Waals surface area contributed by atoms with E-state index in [1.54, 1.807) is 33.7 Å². The lowest BCUT2D eigenvalue weighted by Crippen LogP contribution is -2.34. The van der Waals surface area contributed by atoms with Crippen LogP contribution in [0.5, 0.6) is 0 Å². The highest BCUT2D eigenvalue weighted by atomic mass is 32.2. The highest BCUT2D eigenvalue weighted by molar-refractivity contribution is 7.90. The van der Waals surface area contributed by atoms with Crippen LogP contribution in [0.25, 0.3) is 0 Å². The van der Waals surface area contributed by atoms with E-state index in [0.29, 0.717) is 44.6 Å². The second kappa shape index (κ2) is 7.40. The molecule has 3 heterocycles. The zero-order chi connectivity index (χ0) is 18.9. The van der Waals surface area contributed by atoms with Gasteiger partial charge < -0.3 is 4.90 Å². The van der Waals surface area contributed by atoms with E-state index in [1.807, 2.05) is 30.3 Å². The van der Waals surface area contributed by atoms with Crippen molar-refractivity contribution in [3.63, 3.8) is 0 Å². The van der Waals surface area contributed by atoms with E-state index in [0.717, 1.165) is 5.56 Å². The van der Waals surface area contributed by atoms with Crippen LogP contribution in [0.15, 0.2) is 54.9 Å². The molecule has 2 atom stereocenters. The molecule has 2 saturated heterocycles. The summed E-state index contributed by atoms with van der Waals surface area (Å²) in [6.45, 7) is 2.03. The number of benzene rings is 1. The van der Waals surface area contributed by atoms with Crippen LogP contribution in [0, 0.1) is 5.92 Å². The smallest absolute Gasteiger partial charge is 0.253 e. The largest absolute Gasteiger partial charge is 0.339 e. The van der Waals surface area contributed by atoms with Gasteiger partial charge >= 0.3 is 0 Å². The van der Waals surface area contributed by atoms with Gasteiger partial charge in [-0.1, -0.05) is 30.3 Å². The van der Waals surface area contributed by atoms with E-state index in [1.165, 1.54) is 0 Å². The zero-order valence-corrected chi connectivity index (χ0v) is 15.9. The number of rotatable bonds is 3. The van der Waals surface area contributed by atoms with Crippen LogP contribution in [0.4, 0.5) is 0 Å². The highest BCUT2D eigenvalue weighted by Gasteiger charge is 2.47. The van der Waals surface area contributed by atoms with Crippen LogP contribution >= 0.6 is 0 Å². The van der Waals surface area contributed by atoms with Gasteiger partial charge in [0.05, 0.1) is 5.25 Å². The molecule has 1 amide bonds. The SMILES string of the molecule is O=C(c1ccncc1)N1CC[C@@H]2CN(Cc3ccccc3)S(=O)(=O)[C@@H]2CC1. The summed E-state index contributed by atoms with van der Waals surface area (Å²) in [6.07, 6.45) is 4.42. The molecule has 4 rings (SSSR count). The van der Waals surface area contributed by atoms with E-state index in [9.17, 15) is 13.2 Å². The van der Waals surface area contributed by atoms with Gasteiger partial charge in [0, 0.05) is 44.1 Å². The summed E-state index contributed by atoms with van der Waals surface area (Å²) in [6, 6.07) is 13.1. The number of sulfonamides is 1. The van der Waals surface area contributed by atoms with Gasteiger partial charge in [-0.25, -0.2) is 8.42 Å². The molecule has 0 spiro atoms. The Labute approximate surface area is 159 Å². The van der Waals surface area contributed by atoms with Crippen LogP contribution in [0.3, 0.4) is 0 Å². The molecule has 0 saturated carbocycles. The molecule has 0 N–H and O–H groups in total. The fourth-order valence-electron chi connectivity index (χ4n) is 4.12. The number of likely N-dealkylation sites (tertiary alicyclic amines) is 1. The molecule has 2 aromatic rings. The second-order valence-electron chi connectivity index (χ2n) is 7.23. The first-order valence-corrected chi connectivity index (χ1v) is 10.8. The summed E-state index contributed by atoms with van der Waals surface area (Å²) in [5, 5.41) is -0.392. The number of amides is 1. The molecule has 0 bridgehead atoms. The average molecular weight is 385 g/mol. The minimum absolute atomic E-state index is 0.0455. The zero-order valence-electron chi connectivity index (χ0n) is 15.1. The topological polar surface area (TPSA) is 70.6 Å². The Hall–Kier alpha value is -2.25. The second-order valence-corrected chi connectivity index (χ2v) is 9.38. The van der Waals surface area contributed by atoms with Gasteiger partial charge in [-0.3, -0.25) is 9.78 Å². The van der Waals surface area contributed by atoms with Crippen LogP contribution in [0.1, 0.15) is 28.8 Å². The summed E-state index contributed by atoms with van der Waals surface area (Å²) in [5.74, 6) is 0.0323. The monoisotopic (exact) mass is 385 g/mol. The number of hydrogen-bond acceptors (Lipinski definition) is 4. The van der Waals surface area contributed by atoms with Gasteiger partial charge in [-0.15, -0.1) is 0 Å². The minimum Gasteiger partial charge on any atom is -0.339 e. The molecule has 1 aromatic carbocycles. The van der Waals surface area contributed by atoms with Crippen LogP contribution in [0.2, 0.25) is 0 Å². The van der Waals surface area contributed by atoms with Gasteiger partial charge in [0.2, 0.25) is 10.0 Å². The number of carbonyl (C=O) groups is 1. The molecule has 27 heavy (non-hydrogen) atoms. The van der Waals surface area contributed by atoms with Crippen molar-refractivity contribution in [2.24, 2.45) is 5.92 Å². The number of aromatic nitrogens is 1. The number of carbonyl (C=O) groups excluding carboxylic acids is 1. The van der Waals surface area contributed by atoms with Crippen LogP contribution in [-0.2, 0) is 16.6 Å². The van der Waals surface area contributed by atoms with Crippen molar-refractivity contribution in [2.75, 3.05) is 19.6 Å². The first kappa shape index (κ1) is 18.1. The molecule has 142 valence electrons. The molecule has 0 radical (unpaired) electrons. The lowest BCUT2D eigenvalue weighted by Gasteiger charge is -2.22. The van der Waals surface area contributed by atoms with E-state index in [2.05, 4.69) is 4.98 Å². The van der Waals surface area contributed by atoms with Crippen LogP contribution in [-0.4, -0.2) is 53.4 Å². The fourth-order valence-corrected chi connectivity index (χ4v) is 6.34. The Balaban J connectivity index is 1.46. The van der Waals surface area contributed by atoms with E-state index in [-0.39, 0.29) is 11.8 Å². The van der Waals surface area contributed by atoms with E-state index in [4.69, 9.17) is 0 Å². The first-order valence-electron chi connectivity index (χ1n) is 9.28. The van der Waals surface area contributed by atoms with Crippen molar-refractivity contribution in [1.82, 2.24) is 14.2 Å².